The Kier molecular flexibility index (Phi) is 6.45. The largest absolute Gasteiger partial charge is 0.497 e. The standard InChI is InChI=1S/C21H27NO3/c1-6-20(17-8-7-14(2)15(3)13-17)22-21(23)16(4)25-19-11-9-18(24-5)10-12-19/h7-13,16,20H,6H2,1-5H3,(H,22,23)/t16-,20+/m1/s1. The maximum Gasteiger partial charge on any atom is 0.261 e. The van der Waals surface area contributed by atoms with Gasteiger partial charge in [0, 0.05) is 0 Å². The minimum absolute atomic E-state index is 0.0197. The van der Waals surface area contributed by atoms with E-state index in [1.54, 1.807) is 26.2 Å². The molecular weight excluding hydrogens is 314 g/mol. The molecule has 2 aromatic carbocycles. The summed E-state index contributed by atoms with van der Waals surface area (Å²) in [4.78, 5) is 12.5. The Morgan fingerprint density at radius 2 is 1.68 bits per heavy atom. The minimum Gasteiger partial charge on any atom is -0.497 e. The van der Waals surface area contributed by atoms with Gasteiger partial charge in [-0.15, -0.1) is 0 Å². The predicted octanol–water partition coefficient (Wildman–Crippen LogP) is 4.35. The average Bonchev–Trinajstić information content (AvgIpc) is 2.62. The second-order valence-corrected chi connectivity index (χ2v) is 6.25. The number of aryl methyl sites for hydroxylation is 2. The Bertz CT molecular complexity index is 710. The SMILES string of the molecule is CC[C@H](NC(=O)[C@@H](C)Oc1ccc(OC)cc1)c1ccc(C)c(C)c1. The molecule has 1 N–H and O–H groups in total. The predicted molar refractivity (Wildman–Crippen MR) is 100 cm³/mol. The molecule has 4 heteroatoms. The molecule has 0 fully saturated rings. The summed E-state index contributed by atoms with van der Waals surface area (Å²) in [6, 6.07) is 13.5. The van der Waals surface area contributed by atoms with Crippen molar-refractivity contribution in [3.8, 4) is 11.5 Å². The van der Waals surface area contributed by atoms with Gasteiger partial charge < -0.3 is 14.8 Å². The van der Waals surface area contributed by atoms with E-state index in [1.165, 1.54) is 11.1 Å². The Morgan fingerprint density at radius 1 is 1.04 bits per heavy atom. The highest BCUT2D eigenvalue weighted by Crippen LogP contribution is 2.21. The molecule has 2 aromatic rings. The first-order valence-electron chi connectivity index (χ1n) is 8.62. The molecule has 2 rings (SSSR count). The Hall–Kier alpha value is -2.49. The summed E-state index contributed by atoms with van der Waals surface area (Å²) in [7, 11) is 1.61. The van der Waals surface area contributed by atoms with Gasteiger partial charge in [0.15, 0.2) is 6.10 Å². The number of methoxy groups -OCH3 is 1. The molecule has 0 aliphatic carbocycles. The number of amides is 1. The second kappa shape index (κ2) is 8.56. The van der Waals surface area contributed by atoms with Crippen molar-refractivity contribution in [1.82, 2.24) is 5.32 Å². The van der Waals surface area contributed by atoms with Gasteiger partial charge in [-0.25, -0.2) is 0 Å². The van der Waals surface area contributed by atoms with E-state index < -0.39 is 6.10 Å². The molecule has 4 nitrogen and oxygen atoms in total. The zero-order valence-electron chi connectivity index (χ0n) is 15.6. The average molecular weight is 341 g/mol. The third-order valence-electron chi connectivity index (χ3n) is 4.40. The van der Waals surface area contributed by atoms with E-state index in [1.807, 2.05) is 12.1 Å². The quantitative estimate of drug-likeness (QED) is 0.814. The van der Waals surface area contributed by atoms with E-state index in [9.17, 15) is 4.79 Å². The van der Waals surface area contributed by atoms with Gasteiger partial charge in [0.05, 0.1) is 13.2 Å². The summed E-state index contributed by atoms with van der Waals surface area (Å²) in [6.45, 7) is 7.99. The first-order chi connectivity index (χ1) is 11.9. The van der Waals surface area contributed by atoms with E-state index in [-0.39, 0.29) is 11.9 Å². The number of hydrogen-bond acceptors (Lipinski definition) is 3. The highest BCUT2D eigenvalue weighted by molar-refractivity contribution is 5.81. The van der Waals surface area contributed by atoms with Crippen LogP contribution in [0.15, 0.2) is 42.5 Å². The summed E-state index contributed by atoms with van der Waals surface area (Å²) < 4.78 is 10.9. The van der Waals surface area contributed by atoms with Crippen LogP contribution >= 0.6 is 0 Å². The molecule has 0 unspecified atom stereocenters. The molecule has 134 valence electrons. The van der Waals surface area contributed by atoms with E-state index in [0.29, 0.717) is 5.75 Å². The lowest BCUT2D eigenvalue weighted by atomic mass is 9.99. The van der Waals surface area contributed by atoms with E-state index in [0.717, 1.165) is 17.7 Å². The minimum atomic E-state index is -0.575. The summed E-state index contributed by atoms with van der Waals surface area (Å²) >= 11 is 0. The van der Waals surface area contributed by atoms with Crippen LogP contribution in [-0.2, 0) is 4.79 Å². The van der Waals surface area contributed by atoms with Crippen LogP contribution in [0, 0.1) is 13.8 Å². The van der Waals surface area contributed by atoms with Crippen molar-refractivity contribution < 1.29 is 14.3 Å². The second-order valence-electron chi connectivity index (χ2n) is 6.25. The molecule has 0 heterocycles. The third-order valence-corrected chi connectivity index (χ3v) is 4.40. The van der Waals surface area contributed by atoms with Gasteiger partial charge in [-0.05, 0) is 68.1 Å². The normalized spacial score (nSPS) is 13.0. The molecule has 0 saturated carbocycles. The molecule has 0 aliphatic rings. The number of carbonyl (C=O) groups is 1. The van der Waals surface area contributed by atoms with Gasteiger partial charge in [0.1, 0.15) is 11.5 Å². The zero-order valence-corrected chi connectivity index (χ0v) is 15.6. The fourth-order valence-corrected chi connectivity index (χ4v) is 2.60. The van der Waals surface area contributed by atoms with Crippen molar-refractivity contribution in [3.05, 3.63) is 59.2 Å². The Morgan fingerprint density at radius 3 is 2.24 bits per heavy atom. The van der Waals surface area contributed by atoms with Gasteiger partial charge in [-0.2, -0.15) is 0 Å². The smallest absolute Gasteiger partial charge is 0.261 e. The molecule has 0 spiro atoms. The highest BCUT2D eigenvalue weighted by Gasteiger charge is 2.19. The molecule has 0 aliphatic heterocycles. The van der Waals surface area contributed by atoms with Crippen molar-refractivity contribution >= 4 is 5.91 Å². The number of hydrogen-bond donors (Lipinski definition) is 1. The van der Waals surface area contributed by atoms with Crippen LogP contribution in [0.4, 0.5) is 0 Å². The third kappa shape index (κ3) is 4.99. The van der Waals surface area contributed by atoms with Gasteiger partial charge >= 0.3 is 0 Å². The van der Waals surface area contributed by atoms with E-state index in [4.69, 9.17) is 9.47 Å². The molecular formula is C21H27NO3. The summed E-state index contributed by atoms with van der Waals surface area (Å²) in [5.41, 5.74) is 3.60. The van der Waals surface area contributed by atoms with Crippen LogP contribution in [-0.4, -0.2) is 19.1 Å². The lowest BCUT2D eigenvalue weighted by Gasteiger charge is -2.21. The molecule has 0 radical (unpaired) electrons. The Balaban J connectivity index is 2.01. The van der Waals surface area contributed by atoms with Crippen LogP contribution in [0.2, 0.25) is 0 Å². The van der Waals surface area contributed by atoms with Gasteiger partial charge in [-0.1, -0.05) is 25.1 Å². The molecule has 0 saturated heterocycles. The summed E-state index contributed by atoms with van der Waals surface area (Å²) in [6.07, 6.45) is 0.248. The van der Waals surface area contributed by atoms with Crippen molar-refractivity contribution in [3.63, 3.8) is 0 Å². The van der Waals surface area contributed by atoms with Gasteiger partial charge in [0.25, 0.3) is 5.91 Å². The first-order valence-corrected chi connectivity index (χ1v) is 8.62. The van der Waals surface area contributed by atoms with Crippen molar-refractivity contribution in [2.75, 3.05) is 7.11 Å². The van der Waals surface area contributed by atoms with Gasteiger partial charge in [-0.3, -0.25) is 4.79 Å². The lowest BCUT2D eigenvalue weighted by Crippen LogP contribution is -2.38. The molecule has 0 aromatic heterocycles. The molecule has 2 atom stereocenters. The van der Waals surface area contributed by atoms with Gasteiger partial charge in [0.2, 0.25) is 0 Å². The number of rotatable bonds is 7. The number of ether oxygens (including phenoxy) is 2. The van der Waals surface area contributed by atoms with Crippen molar-refractivity contribution in [2.24, 2.45) is 0 Å². The monoisotopic (exact) mass is 341 g/mol. The first kappa shape index (κ1) is 18.8. The van der Waals surface area contributed by atoms with Crippen LogP contribution in [0.3, 0.4) is 0 Å². The van der Waals surface area contributed by atoms with E-state index in [2.05, 4.69) is 44.3 Å². The number of nitrogens with one attached hydrogen (secondary N) is 1. The summed E-state index contributed by atoms with van der Waals surface area (Å²) in [5.74, 6) is 1.27. The number of carbonyl (C=O) groups excluding carboxylic acids is 1. The fraction of sp³-hybridized carbons (Fsp3) is 0.381. The lowest BCUT2D eigenvalue weighted by molar-refractivity contribution is -0.128. The van der Waals surface area contributed by atoms with Crippen molar-refractivity contribution in [2.45, 2.75) is 46.3 Å². The summed E-state index contributed by atoms with van der Waals surface area (Å²) in [5, 5.41) is 3.08. The topological polar surface area (TPSA) is 47.6 Å². The maximum atomic E-state index is 12.5. The Labute approximate surface area is 150 Å². The van der Waals surface area contributed by atoms with E-state index >= 15 is 0 Å². The maximum absolute atomic E-state index is 12.5. The van der Waals surface area contributed by atoms with Crippen LogP contribution in [0.25, 0.3) is 0 Å². The number of benzene rings is 2. The molecule has 25 heavy (non-hydrogen) atoms. The van der Waals surface area contributed by atoms with Crippen LogP contribution in [0.1, 0.15) is 43.0 Å². The zero-order chi connectivity index (χ0) is 18.4. The fourth-order valence-electron chi connectivity index (χ4n) is 2.60. The van der Waals surface area contributed by atoms with Crippen LogP contribution < -0.4 is 14.8 Å². The van der Waals surface area contributed by atoms with Crippen molar-refractivity contribution in [1.29, 1.82) is 0 Å². The molecule has 1 amide bonds. The highest BCUT2D eigenvalue weighted by atomic mass is 16.5. The molecule has 0 bridgehead atoms. The van der Waals surface area contributed by atoms with Crippen LogP contribution in [0.5, 0.6) is 11.5 Å².